The van der Waals surface area contributed by atoms with E-state index in [1.165, 1.54) is 5.56 Å². The topological polar surface area (TPSA) is 66.0 Å². The molecule has 0 aliphatic rings. The van der Waals surface area contributed by atoms with E-state index in [1.807, 2.05) is 24.3 Å². The standard InChI is InChI=1S/C16H20N4/c1-12(2)20(11-13-6-4-3-5-7-13)15-10-14(16(17)18)8-9-19-15/h3-10,12H,11H2,1-2H3,(H3,17,18). The smallest absolute Gasteiger partial charge is 0.129 e. The van der Waals surface area contributed by atoms with Crippen molar-refractivity contribution in [3.63, 3.8) is 0 Å². The van der Waals surface area contributed by atoms with E-state index in [0.717, 1.165) is 12.4 Å². The van der Waals surface area contributed by atoms with Gasteiger partial charge in [-0.25, -0.2) is 4.98 Å². The molecule has 3 N–H and O–H groups in total. The van der Waals surface area contributed by atoms with Crippen LogP contribution in [0.3, 0.4) is 0 Å². The molecule has 0 aliphatic heterocycles. The Hall–Kier alpha value is -2.36. The van der Waals surface area contributed by atoms with Gasteiger partial charge in [0.1, 0.15) is 11.7 Å². The Morgan fingerprint density at radius 3 is 2.55 bits per heavy atom. The van der Waals surface area contributed by atoms with Crippen molar-refractivity contribution in [2.24, 2.45) is 5.73 Å². The summed E-state index contributed by atoms with van der Waals surface area (Å²) in [5, 5.41) is 7.53. The lowest BCUT2D eigenvalue weighted by molar-refractivity contribution is 0.672. The minimum absolute atomic E-state index is 0.0667. The number of hydrogen-bond donors (Lipinski definition) is 2. The maximum atomic E-state index is 7.53. The Bertz CT molecular complexity index is 578. The summed E-state index contributed by atoms with van der Waals surface area (Å²) in [6.07, 6.45) is 1.70. The van der Waals surface area contributed by atoms with Crippen LogP contribution < -0.4 is 10.6 Å². The first kappa shape index (κ1) is 14.1. The Morgan fingerprint density at radius 1 is 1.25 bits per heavy atom. The number of aromatic nitrogens is 1. The summed E-state index contributed by atoms with van der Waals surface area (Å²) in [7, 11) is 0. The van der Waals surface area contributed by atoms with E-state index >= 15 is 0 Å². The number of amidine groups is 1. The average molecular weight is 268 g/mol. The van der Waals surface area contributed by atoms with Gasteiger partial charge < -0.3 is 10.6 Å². The first-order chi connectivity index (χ1) is 9.58. The highest BCUT2D eigenvalue weighted by atomic mass is 15.2. The highest BCUT2D eigenvalue weighted by Gasteiger charge is 2.13. The zero-order valence-corrected chi connectivity index (χ0v) is 11.9. The van der Waals surface area contributed by atoms with Crippen molar-refractivity contribution in [2.75, 3.05) is 4.90 Å². The molecule has 0 atom stereocenters. The molecule has 1 heterocycles. The number of nitrogens with one attached hydrogen (secondary N) is 1. The zero-order chi connectivity index (χ0) is 14.5. The second-order valence-electron chi connectivity index (χ2n) is 5.02. The molecule has 2 rings (SSSR count). The molecule has 104 valence electrons. The molecule has 2 aromatic rings. The van der Waals surface area contributed by atoms with E-state index in [0.29, 0.717) is 11.6 Å². The average Bonchev–Trinajstić information content (AvgIpc) is 2.45. The van der Waals surface area contributed by atoms with Gasteiger partial charge in [-0.3, -0.25) is 5.41 Å². The molecule has 20 heavy (non-hydrogen) atoms. The van der Waals surface area contributed by atoms with E-state index < -0.39 is 0 Å². The van der Waals surface area contributed by atoms with Crippen molar-refractivity contribution in [3.8, 4) is 0 Å². The Morgan fingerprint density at radius 2 is 1.95 bits per heavy atom. The van der Waals surface area contributed by atoms with Crippen LogP contribution in [0.1, 0.15) is 25.0 Å². The summed E-state index contributed by atoms with van der Waals surface area (Å²) in [5.74, 6) is 0.911. The molecule has 4 nitrogen and oxygen atoms in total. The van der Waals surface area contributed by atoms with Gasteiger partial charge in [0.2, 0.25) is 0 Å². The third-order valence-corrected chi connectivity index (χ3v) is 3.17. The Kier molecular flexibility index (Phi) is 4.35. The molecule has 0 unspecified atom stereocenters. The number of nitrogens with two attached hydrogens (primary N) is 1. The largest absolute Gasteiger partial charge is 0.384 e. The molecule has 0 saturated carbocycles. The number of nitrogen functional groups attached to an aromatic ring is 1. The van der Waals surface area contributed by atoms with Crippen LogP contribution in [0.2, 0.25) is 0 Å². The fourth-order valence-corrected chi connectivity index (χ4v) is 2.05. The second-order valence-corrected chi connectivity index (χ2v) is 5.02. The van der Waals surface area contributed by atoms with Crippen molar-refractivity contribution >= 4 is 11.7 Å². The van der Waals surface area contributed by atoms with Gasteiger partial charge in [-0.15, -0.1) is 0 Å². The van der Waals surface area contributed by atoms with Gasteiger partial charge >= 0.3 is 0 Å². The predicted molar refractivity (Wildman–Crippen MR) is 83.0 cm³/mol. The van der Waals surface area contributed by atoms with Crippen LogP contribution in [0.5, 0.6) is 0 Å². The number of rotatable bonds is 5. The van der Waals surface area contributed by atoms with E-state index in [9.17, 15) is 0 Å². The molecule has 0 aliphatic carbocycles. The van der Waals surface area contributed by atoms with E-state index in [4.69, 9.17) is 11.1 Å². The maximum Gasteiger partial charge on any atom is 0.129 e. The molecule has 4 heteroatoms. The van der Waals surface area contributed by atoms with Gasteiger partial charge in [-0.1, -0.05) is 30.3 Å². The third kappa shape index (κ3) is 3.35. The minimum Gasteiger partial charge on any atom is -0.384 e. The highest BCUT2D eigenvalue weighted by molar-refractivity contribution is 5.95. The van der Waals surface area contributed by atoms with Crippen molar-refractivity contribution in [2.45, 2.75) is 26.4 Å². The molecule has 0 amide bonds. The van der Waals surface area contributed by atoms with Crippen molar-refractivity contribution in [1.29, 1.82) is 5.41 Å². The molecule has 0 radical (unpaired) electrons. The second kappa shape index (κ2) is 6.19. The lowest BCUT2D eigenvalue weighted by Crippen LogP contribution is -2.31. The van der Waals surface area contributed by atoms with Crippen LogP contribution in [-0.4, -0.2) is 16.9 Å². The number of hydrogen-bond acceptors (Lipinski definition) is 3. The predicted octanol–water partition coefficient (Wildman–Crippen LogP) is 2.78. The Labute approximate surface area is 119 Å². The molecule has 1 aromatic carbocycles. The van der Waals surface area contributed by atoms with Gasteiger partial charge in [0, 0.05) is 24.3 Å². The quantitative estimate of drug-likeness (QED) is 0.647. The van der Waals surface area contributed by atoms with Gasteiger partial charge in [0.25, 0.3) is 0 Å². The molecule has 0 spiro atoms. The highest BCUT2D eigenvalue weighted by Crippen LogP contribution is 2.18. The van der Waals surface area contributed by atoms with Crippen molar-refractivity contribution in [1.82, 2.24) is 4.98 Å². The first-order valence-corrected chi connectivity index (χ1v) is 6.69. The van der Waals surface area contributed by atoms with E-state index in [-0.39, 0.29) is 5.84 Å². The Balaban J connectivity index is 2.29. The number of pyridine rings is 1. The summed E-state index contributed by atoms with van der Waals surface area (Å²) < 4.78 is 0. The summed E-state index contributed by atoms with van der Waals surface area (Å²) >= 11 is 0. The number of benzene rings is 1. The monoisotopic (exact) mass is 268 g/mol. The third-order valence-electron chi connectivity index (χ3n) is 3.17. The SMILES string of the molecule is CC(C)N(Cc1ccccc1)c1cc(C(=N)N)ccn1. The van der Waals surface area contributed by atoms with Crippen molar-refractivity contribution < 1.29 is 0 Å². The fraction of sp³-hybridized carbons (Fsp3) is 0.250. The maximum absolute atomic E-state index is 7.53. The normalized spacial score (nSPS) is 10.6. The van der Waals surface area contributed by atoms with Crippen LogP contribution in [0.4, 0.5) is 5.82 Å². The van der Waals surface area contributed by atoms with Crippen LogP contribution >= 0.6 is 0 Å². The molecular weight excluding hydrogens is 248 g/mol. The summed E-state index contributed by atoms with van der Waals surface area (Å²) in [4.78, 5) is 6.61. The van der Waals surface area contributed by atoms with Crippen LogP contribution in [0.15, 0.2) is 48.7 Å². The van der Waals surface area contributed by atoms with Crippen LogP contribution in [0, 0.1) is 5.41 Å². The van der Waals surface area contributed by atoms with Gasteiger partial charge in [-0.2, -0.15) is 0 Å². The van der Waals surface area contributed by atoms with Crippen molar-refractivity contribution in [3.05, 3.63) is 59.8 Å². The molecule has 1 aromatic heterocycles. The van der Waals surface area contributed by atoms with Gasteiger partial charge in [-0.05, 0) is 31.5 Å². The van der Waals surface area contributed by atoms with Crippen LogP contribution in [-0.2, 0) is 6.54 Å². The van der Waals surface area contributed by atoms with E-state index in [2.05, 4.69) is 35.9 Å². The van der Waals surface area contributed by atoms with Crippen LogP contribution in [0.25, 0.3) is 0 Å². The molecule has 0 saturated heterocycles. The lowest BCUT2D eigenvalue weighted by Gasteiger charge is -2.28. The lowest BCUT2D eigenvalue weighted by atomic mass is 10.1. The van der Waals surface area contributed by atoms with Gasteiger partial charge in [0.15, 0.2) is 0 Å². The summed E-state index contributed by atoms with van der Waals surface area (Å²) in [6, 6.07) is 14.2. The zero-order valence-electron chi connectivity index (χ0n) is 11.9. The van der Waals surface area contributed by atoms with Gasteiger partial charge in [0.05, 0.1) is 0 Å². The summed E-state index contributed by atoms with van der Waals surface area (Å²) in [6.45, 7) is 5.04. The molecule has 0 bridgehead atoms. The fourth-order valence-electron chi connectivity index (χ4n) is 2.05. The summed E-state index contributed by atoms with van der Waals surface area (Å²) in [5.41, 5.74) is 7.48. The molecular formula is C16H20N4. The van der Waals surface area contributed by atoms with E-state index in [1.54, 1.807) is 12.3 Å². The number of anilines is 1. The first-order valence-electron chi connectivity index (χ1n) is 6.69. The minimum atomic E-state index is 0.0667. The molecule has 0 fully saturated rings. The number of nitrogens with zero attached hydrogens (tertiary/aromatic N) is 2.